The number of fused-ring (bicyclic) bond motifs is 1. The molecular formula is C22H24N6O5. The number of methoxy groups -OCH3 is 2. The van der Waals surface area contributed by atoms with Gasteiger partial charge in [-0.25, -0.2) is 19.9 Å². The highest BCUT2D eigenvalue weighted by Crippen LogP contribution is 2.33. The quantitative estimate of drug-likeness (QED) is 0.489. The predicted molar refractivity (Wildman–Crippen MR) is 117 cm³/mol. The third-order valence-electron chi connectivity index (χ3n) is 5.87. The van der Waals surface area contributed by atoms with Crippen molar-refractivity contribution in [2.45, 2.75) is 25.5 Å². The summed E-state index contributed by atoms with van der Waals surface area (Å²) in [5, 5.41) is 0. The molecule has 0 saturated carbocycles. The lowest BCUT2D eigenvalue weighted by molar-refractivity contribution is 0.110. The third-order valence-corrected chi connectivity index (χ3v) is 5.87. The molecule has 11 nitrogen and oxygen atoms in total. The van der Waals surface area contributed by atoms with Gasteiger partial charge < -0.3 is 28.4 Å². The first-order valence-corrected chi connectivity index (χ1v) is 10.7. The molecule has 5 heterocycles. The molecule has 1 saturated heterocycles. The number of hydrogen-bond donors (Lipinski definition) is 0. The Balaban J connectivity index is 1.31. The second kappa shape index (κ2) is 8.93. The third kappa shape index (κ3) is 4.13. The highest BCUT2D eigenvalue weighted by Gasteiger charge is 2.30. The molecule has 3 aromatic heterocycles. The predicted octanol–water partition coefficient (Wildman–Crippen LogP) is 1.91. The zero-order valence-corrected chi connectivity index (χ0v) is 18.4. The van der Waals surface area contributed by atoms with Gasteiger partial charge in [-0.3, -0.25) is 4.79 Å². The first-order chi connectivity index (χ1) is 16.2. The zero-order valence-electron chi connectivity index (χ0n) is 18.4. The standard InChI is InChI=1S/C22H24N6O5/c1-30-19-7-14(8-23-21(19)31-2)27-6-4-18-17(11-27)20(26-13-25-18)32-15-3-5-28(10-15)22-24-9-16(12-29)33-22/h7-9,12-13,15H,3-6,10-11H2,1-2H3. The summed E-state index contributed by atoms with van der Waals surface area (Å²) in [6.45, 7) is 2.71. The van der Waals surface area contributed by atoms with Gasteiger partial charge in [0.15, 0.2) is 17.8 Å². The van der Waals surface area contributed by atoms with E-state index in [9.17, 15) is 4.79 Å². The highest BCUT2D eigenvalue weighted by atomic mass is 16.5. The first kappa shape index (κ1) is 21.0. The van der Waals surface area contributed by atoms with E-state index >= 15 is 0 Å². The van der Waals surface area contributed by atoms with Gasteiger partial charge in [0, 0.05) is 32.0 Å². The van der Waals surface area contributed by atoms with Crippen molar-refractivity contribution in [2.24, 2.45) is 0 Å². The maximum Gasteiger partial charge on any atom is 0.297 e. The smallest absolute Gasteiger partial charge is 0.297 e. The number of carbonyl (C=O) groups excluding carboxylic acids is 1. The first-order valence-electron chi connectivity index (χ1n) is 10.7. The van der Waals surface area contributed by atoms with E-state index in [1.165, 1.54) is 6.20 Å². The molecule has 0 bridgehead atoms. The van der Waals surface area contributed by atoms with Crippen molar-refractivity contribution in [1.82, 2.24) is 19.9 Å². The number of hydrogen-bond acceptors (Lipinski definition) is 11. The topological polar surface area (TPSA) is 116 Å². The average molecular weight is 452 g/mol. The van der Waals surface area contributed by atoms with E-state index in [1.807, 2.05) is 11.0 Å². The van der Waals surface area contributed by atoms with Gasteiger partial charge in [-0.15, -0.1) is 0 Å². The molecule has 11 heteroatoms. The summed E-state index contributed by atoms with van der Waals surface area (Å²) in [6.07, 6.45) is 6.88. The van der Waals surface area contributed by atoms with Crippen LogP contribution >= 0.6 is 0 Å². The number of carbonyl (C=O) groups is 1. The van der Waals surface area contributed by atoms with Crippen molar-refractivity contribution < 1.29 is 23.4 Å². The Bertz CT molecular complexity index is 1150. The van der Waals surface area contributed by atoms with Crippen molar-refractivity contribution in [3.8, 4) is 17.5 Å². The van der Waals surface area contributed by atoms with E-state index in [2.05, 4.69) is 24.8 Å². The molecular weight excluding hydrogens is 428 g/mol. The van der Waals surface area contributed by atoms with Crippen LogP contribution < -0.4 is 24.0 Å². The monoisotopic (exact) mass is 452 g/mol. The molecule has 0 radical (unpaired) electrons. The van der Waals surface area contributed by atoms with Gasteiger partial charge >= 0.3 is 0 Å². The summed E-state index contributed by atoms with van der Waals surface area (Å²) in [4.78, 5) is 32.5. The van der Waals surface area contributed by atoms with Crippen LogP contribution in [0.4, 0.5) is 11.7 Å². The fraction of sp³-hybridized carbons (Fsp3) is 0.409. The summed E-state index contributed by atoms with van der Waals surface area (Å²) < 4.78 is 22.4. The number of aldehydes is 1. The van der Waals surface area contributed by atoms with Crippen LogP contribution in [0.5, 0.6) is 17.5 Å². The van der Waals surface area contributed by atoms with E-state index in [0.717, 1.165) is 42.9 Å². The minimum atomic E-state index is -0.0753. The largest absolute Gasteiger partial charge is 0.491 e. The Morgan fingerprint density at radius 2 is 1.97 bits per heavy atom. The van der Waals surface area contributed by atoms with Crippen molar-refractivity contribution in [2.75, 3.05) is 43.7 Å². The van der Waals surface area contributed by atoms with E-state index in [4.69, 9.17) is 18.6 Å². The normalized spacial score (nSPS) is 17.6. The van der Waals surface area contributed by atoms with Gasteiger partial charge in [0.05, 0.1) is 56.6 Å². The Labute approximate surface area is 190 Å². The van der Waals surface area contributed by atoms with Gasteiger partial charge in [0.25, 0.3) is 11.9 Å². The fourth-order valence-corrected chi connectivity index (χ4v) is 4.17. The van der Waals surface area contributed by atoms with Gasteiger partial charge in [-0.05, 0) is 0 Å². The van der Waals surface area contributed by atoms with E-state index in [0.29, 0.717) is 42.9 Å². The number of aromatic nitrogens is 4. The minimum absolute atomic E-state index is 0.0753. The number of rotatable bonds is 7. The lowest BCUT2D eigenvalue weighted by Crippen LogP contribution is -2.32. The molecule has 172 valence electrons. The van der Waals surface area contributed by atoms with Gasteiger partial charge in [0.2, 0.25) is 5.88 Å². The molecule has 1 unspecified atom stereocenters. The van der Waals surface area contributed by atoms with E-state index < -0.39 is 0 Å². The number of anilines is 2. The number of pyridine rings is 1. The molecule has 2 aliphatic heterocycles. The molecule has 3 aromatic rings. The second-order valence-corrected chi connectivity index (χ2v) is 7.82. The van der Waals surface area contributed by atoms with Crippen LogP contribution in [0.25, 0.3) is 0 Å². The zero-order chi connectivity index (χ0) is 22.8. The van der Waals surface area contributed by atoms with Crippen LogP contribution in [-0.2, 0) is 13.0 Å². The SMILES string of the molecule is COc1cc(N2CCc3ncnc(OC4CCN(c5ncc(C=O)o5)C4)c3C2)cnc1OC. The molecule has 0 aromatic carbocycles. The second-order valence-electron chi connectivity index (χ2n) is 7.82. The lowest BCUT2D eigenvalue weighted by atomic mass is 10.1. The van der Waals surface area contributed by atoms with Crippen LogP contribution in [0.15, 0.2) is 29.2 Å². The molecule has 5 rings (SSSR count). The molecule has 0 spiro atoms. The Morgan fingerprint density at radius 3 is 2.76 bits per heavy atom. The van der Waals surface area contributed by atoms with Gasteiger partial charge in [0.1, 0.15) is 12.4 Å². The molecule has 1 fully saturated rings. The summed E-state index contributed by atoms with van der Waals surface area (Å²) in [5.74, 6) is 1.83. The van der Waals surface area contributed by atoms with Gasteiger partial charge in [-0.1, -0.05) is 0 Å². The van der Waals surface area contributed by atoms with Crippen LogP contribution in [0.2, 0.25) is 0 Å². The van der Waals surface area contributed by atoms with E-state index in [1.54, 1.807) is 26.7 Å². The van der Waals surface area contributed by atoms with Crippen LogP contribution in [0.1, 0.15) is 28.2 Å². The maximum absolute atomic E-state index is 10.9. The number of nitrogens with zero attached hydrogens (tertiary/aromatic N) is 6. The van der Waals surface area contributed by atoms with Crippen LogP contribution in [0, 0.1) is 0 Å². The average Bonchev–Trinajstić information content (AvgIpc) is 3.53. The summed E-state index contributed by atoms with van der Waals surface area (Å²) in [5.41, 5.74) is 2.88. The van der Waals surface area contributed by atoms with Crippen molar-refractivity contribution in [3.05, 3.63) is 41.8 Å². The fourth-order valence-electron chi connectivity index (χ4n) is 4.17. The molecule has 0 N–H and O–H groups in total. The summed E-state index contributed by atoms with van der Waals surface area (Å²) >= 11 is 0. The summed E-state index contributed by atoms with van der Waals surface area (Å²) in [6, 6.07) is 2.35. The van der Waals surface area contributed by atoms with Crippen molar-refractivity contribution >= 4 is 18.0 Å². The van der Waals surface area contributed by atoms with Crippen molar-refractivity contribution in [3.63, 3.8) is 0 Å². The highest BCUT2D eigenvalue weighted by molar-refractivity contribution is 5.70. The van der Waals surface area contributed by atoms with Crippen LogP contribution in [0.3, 0.4) is 0 Å². The molecule has 1 atom stereocenters. The molecule has 33 heavy (non-hydrogen) atoms. The van der Waals surface area contributed by atoms with Crippen molar-refractivity contribution in [1.29, 1.82) is 0 Å². The number of oxazole rings is 1. The van der Waals surface area contributed by atoms with E-state index in [-0.39, 0.29) is 11.9 Å². The molecule has 2 aliphatic rings. The Kier molecular flexibility index (Phi) is 5.68. The maximum atomic E-state index is 10.9. The number of ether oxygens (including phenoxy) is 3. The molecule has 0 amide bonds. The molecule has 0 aliphatic carbocycles. The minimum Gasteiger partial charge on any atom is -0.491 e. The van der Waals surface area contributed by atoms with Gasteiger partial charge in [-0.2, -0.15) is 0 Å². The Hall–Kier alpha value is -3.89. The Morgan fingerprint density at radius 1 is 1.06 bits per heavy atom. The lowest BCUT2D eigenvalue weighted by Gasteiger charge is -2.31. The summed E-state index contributed by atoms with van der Waals surface area (Å²) in [7, 11) is 3.16. The van der Waals surface area contributed by atoms with Crippen LogP contribution in [-0.4, -0.2) is 66.2 Å².